The van der Waals surface area contributed by atoms with Crippen molar-refractivity contribution in [2.24, 2.45) is 0 Å². The van der Waals surface area contributed by atoms with Crippen LogP contribution in [0.2, 0.25) is 0 Å². The number of hydrogen-bond donors (Lipinski definition) is 2. The van der Waals surface area contributed by atoms with E-state index in [2.05, 4.69) is 25.9 Å². The Kier molecular flexibility index (Phi) is 3.56. The number of nitrogens with one attached hydrogen (secondary N) is 2. The summed E-state index contributed by atoms with van der Waals surface area (Å²) in [7, 11) is 0. The van der Waals surface area contributed by atoms with Crippen LogP contribution in [-0.4, -0.2) is 20.6 Å². The van der Waals surface area contributed by atoms with E-state index in [1.165, 1.54) is 12.1 Å². The molecule has 0 fully saturated rings. The topological polar surface area (TPSA) is 90.3 Å². The number of H-pyrrole nitrogens is 1. The Balaban J connectivity index is 2.28. The summed E-state index contributed by atoms with van der Waals surface area (Å²) in [6.45, 7) is 1.68. The fourth-order valence-corrected chi connectivity index (χ4v) is 1.63. The molecule has 2 N–H and O–H groups in total. The van der Waals surface area contributed by atoms with E-state index in [-0.39, 0.29) is 5.69 Å². The molecule has 1 aromatic carbocycles. The Morgan fingerprint density at radius 1 is 1.40 bits per heavy atom. The highest BCUT2D eigenvalue weighted by atomic mass is 19.4. The van der Waals surface area contributed by atoms with Crippen LogP contribution in [0.15, 0.2) is 18.2 Å². The quantitative estimate of drug-likeness (QED) is 0.901. The number of alkyl halides is 3. The summed E-state index contributed by atoms with van der Waals surface area (Å²) in [5.41, 5.74) is -1.19. The summed E-state index contributed by atoms with van der Waals surface area (Å²) in [6.07, 6.45) is -4.59. The Hall–Kier alpha value is -2.63. The lowest BCUT2D eigenvalue weighted by atomic mass is 10.1. The first-order valence-corrected chi connectivity index (χ1v) is 5.53. The third-order valence-electron chi connectivity index (χ3n) is 2.58. The molecule has 0 aliphatic carbocycles. The van der Waals surface area contributed by atoms with Gasteiger partial charge < -0.3 is 5.32 Å². The molecule has 104 valence electrons. The predicted octanol–water partition coefficient (Wildman–Crippen LogP) is 2.26. The van der Waals surface area contributed by atoms with Gasteiger partial charge >= 0.3 is 6.18 Å². The number of anilines is 1. The van der Waals surface area contributed by atoms with Crippen LogP contribution in [0, 0.1) is 11.3 Å². The first-order chi connectivity index (χ1) is 9.41. The smallest absolute Gasteiger partial charge is 0.375 e. The number of rotatable bonds is 3. The van der Waals surface area contributed by atoms with Gasteiger partial charge in [0.05, 0.1) is 23.2 Å². The highest BCUT2D eigenvalue weighted by Gasteiger charge is 2.34. The molecule has 1 heterocycles. The molecule has 2 aromatic rings. The minimum Gasteiger partial charge on any atom is -0.375 e. The van der Waals surface area contributed by atoms with E-state index in [9.17, 15) is 13.2 Å². The molecule has 6 nitrogen and oxygen atoms in total. The first kappa shape index (κ1) is 13.8. The van der Waals surface area contributed by atoms with Crippen LogP contribution in [0.25, 0.3) is 0 Å². The number of hydrogen-bond acceptors (Lipinski definition) is 5. The summed E-state index contributed by atoms with van der Waals surface area (Å²) in [4.78, 5) is 0. The van der Waals surface area contributed by atoms with Crippen LogP contribution in [-0.2, 0) is 6.18 Å². The molecule has 1 atom stereocenters. The van der Waals surface area contributed by atoms with E-state index in [4.69, 9.17) is 5.26 Å². The third-order valence-corrected chi connectivity index (χ3v) is 2.58. The van der Waals surface area contributed by atoms with Crippen LogP contribution >= 0.6 is 0 Å². The van der Waals surface area contributed by atoms with Crippen LogP contribution in [0.5, 0.6) is 0 Å². The number of tetrazole rings is 1. The summed E-state index contributed by atoms with van der Waals surface area (Å²) in [5.74, 6) is 0.322. The van der Waals surface area contributed by atoms with Crippen molar-refractivity contribution >= 4 is 5.69 Å². The molecule has 1 aromatic heterocycles. The zero-order valence-corrected chi connectivity index (χ0v) is 10.2. The molecule has 0 aliphatic rings. The lowest BCUT2D eigenvalue weighted by Gasteiger charge is -2.14. The van der Waals surface area contributed by atoms with Crippen LogP contribution in [0.4, 0.5) is 18.9 Å². The van der Waals surface area contributed by atoms with Gasteiger partial charge in [0.15, 0.2) is 5.82 Å². The van der Waals surface area contributed by atoms with Gasteiger partial charge in [-0.2, -0.15) is 23.6 Å². The zero-order valence-electron chi connectivity index (χ0n) is 10.2. The Bertz CT molecular complexity index is 629. The second-order valence-electron chi connectivity index (χ2n) is 4.01. The van der Waals surface area contributed by atoms with Crippen molar-refractivity contribution in [1.82, 2.24) is 20.6 Å². The second kappa shape index (κ2) is 5.16. The SMILES string of the molecule is CC(Nc1ccc(C#N)c(C(F)(F)F)c1)c1nn[nH]n1. The molecule has 0 radical (unpaired) electrons. The summed E-state index contributed by atoms with van der Waals surface area (Å²) in [5, 5.41) is 24.6. The highest BCUT2D eigenvalue weighted by Crippen LogP contribution is 2.34. The van der Waals surface area contributed by atoms with Crippen molar-refractivity contribution in [3.8, 4) is 6.07 Å². The Morgan fingerprint density at radius 3 is 2.70 bits per heavy atom. The maximum absolute atomic E-state index is 12.8. The number of aromatic nitrogens is 4. The molecular weight excluding hydrogens is 273 g/mol. The van der Waals surface area contributed by atoms with Gasteiger partial charge in [-0.15, -0.1) is 10.2 Å². The van der Waals surface area contributed by atoms with Crippen LogP contribution < -0.4 is 5.32 Å². The fourth-order valence-electron chi connectivity index (χ4n) is 1.63. The van der Waals surface area contributed by atoms with Gasteiger partial charge in [-0.25, -0.2) is 0 Å². The lowest BCUT2D eigenvalue weighted by molar-refractivity contribution is -0.137. The first-order valence-electron chi connectivity index (χ1n) is 5.53. The standard InChI is InChI=1S/C11H9F3N6/c1-6(10-17-19-20-18-10)16-8-3-2-7(5-15)9(4-8)11(12,13)14/h2-4,6,16H,1H3,(H,17,18,19,20). The highest BCUT2D eigenvalue weighted by molar-refractivity contribution is 5.53. The number of halogens is 3. The van der Waals surface area contributed by atoms with E-state index in [0.717, 1.165) is 12.1 Å². The van der Waals surface area contributed by atoms with Gasteiger partial charge in [-0.3, -0.25) is 0 Å². The molecule has 2 rings (SSSR count). The maximum Gasteiger partial charge on any atom is 0.417 e. The Labute approximate surface area is 111 Å². The predicted molar refractivity (Wildman–Crippen MR) is 62.4 cm³/mol. The number of nitrogens with zero attached hydrogens (tertiary/aromatic N) is 4. The van der Waals surface area contributed by atoms with Gasteiger partial charge in [-0.1, -0.05) is 5.21 Å². The van der Waals surface area contributed by atoms with E-state index in [0.29, 0.717) is 5.82 Å². The summed E-state index contributed by atoms with van der Waals surface area (Å²) >= 11 is 0. The summed E-state index contributed by atoms with van der Waals surface area (Å²) < 4.78 is 38.4. The van der Waals surface area contributed by atoms with Crippen molar-refractivity contribution in [1.29, 1.82) is 5.26 Å². The zero-order chi connectivity index (χ0) is 14.8. The molecular formula is C11H9F3N6. The molecule has 0 bridgehead atoms. The Morgan fingerprint density at radius 2 is 2.15 bits per heavy atom. The summed E-state index contributed by atoms with van der Waals surface area (Å²) in [6, 6.07) is 4.49. The van der Waals surface area contributed by atoms with E-state index in [1.54, 1.807) is 6.92 Å². The number of benzene rings is 1. The third kappa shape index (κ3) is 2.85. The van der Waals surface area contributed by atoms with Crippen LogP contribution in [0.1, 0.15) is 29.9 Å². The van der Waals surface area contributed by atoms with Crippen molar-refractivity contribution in [2.75, 3.05) is 5.32 Å². The van der Waals surface area contributed by atoms with Gasteiger partial charge in [-0.05, 0) is 25.1 Å². The minimum absolute atomic E-state index is 0.216. The van der Waals surface area contributed by atoms with E-state index in [1.807, 2.05) is 0 Å². The minimum atomic E-state index is -4.59. The van der Waals surface area contributed by atoms with Crippen molar-refractivity contribution in [3.63, 3.8) is 0 Å². The van der Waals surface area contributed by atoms with Crippen LogP contribution in [0.3, 0.4) is 0 Å². The maximum atomic E-state index is 12.8. The lowest BCUT2D eigenvalue weighted by Crippen LogP contribution is -2.12. The van der Waals surface area contributed by atoms with Gasteiger partial charge in [0.1, 0.15) is 0 Å². The monoisotopic (exact) mass is 282 g/mol. The van der Waals surface area contributed by atoms with Crippen molar-refractivity contribution in [2.45, 2.75) is 19.1 Å². The van der Waals surface area contributed by atoms with Gasteiger partial charge in [0, 0.05) is 5.69 Å². The molecule has 0 spiro atoms. The van der Waals surface area contributed by atoms with E-state index >= 15 is 0 Å². The van der Waals surface area contributed by atoms with Gasteiger partial charge in [0.2, 0.25) is 0 Å². The van der Waals surface area contributed by atoms with Crippen molar-refractivity contribution < 1.29 is 13.2 Å². The number of nitriles is 1. The molecule has 0 aliphatic heterocycles. The average Bonchev–Trinajstić information content (AvgIpc) is 2.91. The number of aromatic amines is 1. The van der Waals surface area contributed by atoms with Gasteiger partial charge in [0.25, 0.3) is 0 Å². The second-order valence-corrected chi connectivity index (χ2v) is 4.01. The molecule has 1 unspecified atom stereocenters. The molecule has 0 saturated heterocycles. The molecule has 0 saturated carbocycles. The molecule has 0 amide bonds. The average molecular weight is 282 g/mol. The largest absolute Gasteiger partial charge is 0.417 e. The fraction of sp³-hybridized carbons (Fsp3) is 0.273. The van der Waals surface area contributed by atoms with E-state index < -0.39 is 23.3 Å². The van der Waals surface area contributed by atoms with Crippen molar-refractivity contribution in [3.05, 3.63) is 35.2 Å². The molecule has 20 heavy (non-hydrogen) atoms. The normalized spacial score (nSPS) is 12.8. The molecule has 9 heteroatoms.